The summed E-state index contributed by atoms with van der Waals surface area (Å²) in [5, 5.41) is 12.7. The van der Waals surface area contributed by atoms with Crippen molar-refractivity contribution in [2.75, 3.05) is 19.7 Å². The van der Waals surface area contributed by atoms with Crippen LogP contribution in [0.25, 0.3) is 0 Å². The predicted octanol–water partition coefficient (Wildman–Crippen LogP) is 1.23. The second kappa shape index (κ2) is 5.97. The molecule has 0 aromatic carbocycles. The predicted molar refractivity (Wildman–Crippen MR) is 64.1 cm³/mol. The average Bonchev–Trinajstić information content (AvgIpc) is 3.13. The van der Waals surface area contributed by atoms with E-state index < -0.39 is 0 Å². The van der Waals surface area contributed by atoms with Gasteiger partial charge in [0.25, 0.3) is 0 Å². The zero-order valence-corrected chi connectivity index (χ0v) is 9.60. The van der Waals surface area contributed by atoms with E-state index in [-0.39, 0.29) is 12.5 Å². The van der Waals surface area contributed by atoms with Gasteiger partial charge in [0.1, 0.15) is 0 Å². The Hall–Kier alpha value is -0.930. The van der Waals surface area contributed by atoms with Crippen LogP contribution in [0.3, 0.4) is 0 Å². The molecule has 3 heteroatoms. The highest BCUT2D eigenvalue weighted by atomic mass is 16.3. The van der Waals surface area contributed by atoms with Gasteiger partial charge in [-0.3, -0.25) is 4.98 Å². The minimum absolute atomic E-state index is 0.230. The topological polar surface area (TPSA) is 45.1 Å². The summed E-state index contributed by atoms with van der Waals surface area (Å²) in [5.41, 5.74) is 1.06. The van der Waals surface area contributed by atoms with Crippen molar-refractivity contribution >= 4 is 0 Å². The van der Waals surface area contributed by atoms with Gasteiger partial charge >= 0.3 is 0 Å². The zero-order valence-electron chi connectivity index (χ0n) is 9.60. The van der Waals surface area contributed by atoms with E-state index in [4.69, 9.17) is 0 Å². The number of nitrogens with zero attached hydrogens (tertiary/aromatic N) is 1. The summed E-state index contributed by atoms with van der Waals surface area (Å²) in [4.78, 5) is 4.28. The summed E-state index contributed by atoms with van der Waals surface area (Å²) < 4.78 is 0. The highest BCUT2D eigenvalue weighted by Crippen LogP contribution is 2.27. The number of pyridine rings is 1. The number of rotatable bonds is 7. The minimum atomic E-state index is 0.230. The largest absolute Gasteiger partial charge is 0.396 e. The van der Waals surface area contributed by atoms with Gasteiger partial charge in [0.05, 0.1) is 0 Å². The Bertz CT molecular complexity index is 298. The highest BCUT2D eigenvalue weighted by Gasteiger charge is 2.20. The summed E-state index contributed by atoms with van der Waals surface area (Å²) in [6.45, 7) is 2.23. The Morgan fingerprint density at radius 2 is 2.31 bits per heavy atom. The van der Waals surface area contributed by atoms with Crippen LogP contribution in [0.2, 0.25) is 0 Å². The number of hydrogen-bond acceptors (Lipinski definition) is 3. The fourth-order valence-corrected chi connectivity index (χ4v) is 1.83. The molecule has 1 heterocycles. The second-order valence-electron chi connectivity index (χ2n) is 4.68. The van der Waals surface area contributed by atoms with Crippen LogP contribution in [-0.2, 0) is 6.42 Å². The molecule has 2 N–H and O–H groups in total. The minimum Gasteiger partial charge on any atom is -0.396 e. The molecule has 0 amide bonds. The van der Waals surface area contributed by atoms with Crippen LogP contribution < -0.4 is 5.32 Å². The first-order valence-corrected chi connectivity index (χ1v) is 6.10. The number of hydrogen-bond donors (Lipinski definition) is 2. The average molecular weight is 220 g/mol. The van der Waals surface area contributed by atoms with E-state index in [2.05, 4.69) is 10.3 Å². The molecule has 0 aliphatic heterocycles. The SMILES string of the molecule is OCC(CNCC1CC1)Cc1ccccn1. The van der Waals surface area contributed by atoms with Gasteiger partial charge in [-0.05, 0) is 49.8 Å². The van der Waals surface area contributed by atoms with Crippen LogP contribution in [0.15, 0.2) is 24.4 Å². The number of aliphatic hydroxyl groups is 1. The Morgan fingerprint density at radius 3 is 2.94 bits per heavy atom. The Kier molecular flexibility index (Phi) is 4.31. The van der Waals surface area contributed by atoms with E-state index in [1.807, 2.05) is 18.2 Å². The first-order chi connectivity index (χ1) is 7.88. The first kappa shape index (κ1) is 11.6. The van der Waals surface area contributed by atoms with Gasteiger partial charge in [-0.15, -0.1) is 0 Å². The third-order valence-electron chi connectivity index (χ3n) is 3.05. The van der Waals surface area contributed by atoms with Gasteiger partial charge in [-0.2, -0.15) is 0 Å². The van der Waals surface area contributed by atoms with E-state index in [0.717, 1.165) is 31.1 Å². The van der Waals surface area contributed by atoms with Gasteiger partial charge in [0.2, 0.25) is 0 Å². The van der Waals surface area contributed by atoms with Crippen LogP contribution in [0, 0.1) is 11.8 Å². The maximum Gasteiger partial charge on any atom is 0.0475 e. The molecule has 1 fully saturated rings. The molecule has 1 aliphatic rings. The van der Waals surface area contributed by atoms with Crippen LogP contribution in [0.4, 0.5) is 0 Å². The molecule has 0 spiro atoms. The van der Waals surface area contributed by atoms with E-state index in [9.17, 15) is 5.11 Å². The molecule has 3 nitrogen and oxygen atoms in total. The second-order valence-corrected chi connectivity index (χ2v) is 4.68. The van der Waals surface area contributed by atoms with Crippen molar-refractivity contribution in [1.29, 1.82) is 0 Å². The number of nitrogens with one attached hydrogen (secondary N) is 1. The quantitative estimate of drug-likeness (QED) is 0.726. The fraction of sp³-hybridized carbons (Fsp3) is 0.615. The molecular weight excluding hydrogens is 200 g/mol. The maximum absolute atomic E-state index is 9.30. The standard InChI is InChI=1S/C13H20N2O/c16-10-12(9-14-8-11-4-5-11)7-13-3-1-2-6-15-13/h1-3,6,11-12,14,16H,4-5,7-10H2. The Morgan fingerprint density at radius 1 is 1.44 bits per heavy atom. The molecule has 1 unspecified atom stereocenters. The third kappa shape index (κ3) is 3.91. The van der Waals surface area contributed by atoms with Crippen LogP contribution in [-0.4, -0.2) is 29.8 Å². The highest BCUT2D eigenvalue weighted by molar-refractivity contribution is 5.04. The van der Waals surface area contributed by atoms with Gasteiger partial charge in [-0.25, -0.2) is 0 Å². The molecule has 2 rings (SSSR count). The fourth-order valence-electron chi connectivity index (χ4n) is 1.83. The van der Waals surface area contributed by atoms with E-state index in [1.54, 1.807) is 6.20 Å². The first-order valence-electron chi connectivity index (χ1n) is 6.10. The summed E-state index contributed by atoms with van der Waals surface area (Å²) in [7, 11) is 0. The van der Waals surface area contributed by atoms with E-state index >= 15 is 0 Å². The molecule has 16 heavy (non-hydrogen) atoms. The van der Waals surface area contributed by atoms with Crippen molar-refractivity contribution in [2.45, 2.75) is 19.3 Å². The van der Waals surface area contributed by atoms with E-state index in [0.29, 0.717) is 0 Å². The van der Waals surface area contributed by atoms with Crippen molar-refractivity contribution < 1.29 is 5.11 Å². The van der Waals surface area contributed by atoms with Gasteiger partial charge in [-0.1, -0.05) is 6.07 Å². The third-order valence-corrected chi connectivity index (χ3v) is 3.05. The molecular formula is C13H20N2O. The monoisotopic (exact) mass is 220 g/mol. The molecule has 1 saturated carbocycles. The van der Waals surface area contributed by atoms with Crippen LogP contribution in [0.5, 0.6) is 0 Å². The van der Waals surface area contributed by atoms with E-state index in [1.165, 1.54) is 12.8 Å². The lowest BCUT2D eigenvalue weighted by molar-refractivity contribution is 0.220. The molecule has 1 aliphatic carbocycles. The number of aliphatic hydroxyl groups excluding tert-OH is 1. The number of aromatic nitrogens is 1. The van der Waals surface area contributed by atoms with Crippen molar-refractivity contribution in [2.24, 2.45) is 11.8 Å². The van der Waals surface area contributed by atoms with Crippen molar-refractivity contribution in [3.63, 3.8) is 0 Å². The summed E-state index contributed by atoms with van der Waals surface area (Å²) in [5.74, 6) is 1.18. The summed E-state index contributed by atoms with van der Waals surface area (Å²) in [6.07, 6.45) is 5.41. The molecule has 1 aromatic heterocycles. The van der Waals surface area contributed by atoms with Crippen LogP contribution >= 0.6 is 0 Å². The zero-order chi connectivity index (χ0) is 11.2. The molecule has 0 saturated heterocycles. The molecule has 88 valence electrons. The lowest BCUT2D eigenvalue weighted by Gasteiger charge is -2.14. The van der Waals surface area contributed by atoms with Crippen LogP contribution in [0.1, 0.15) is 18.5 Å². The molecule has 0 bridgehead atoms. The van der Waals surface area contributed by atoms with Gasteiger partial charge in [0.15, 0.2) is 0 Å². The van der Waals surface area contributed by atoms with Gasteiger partial charge < -0.3 is 10.4 Å². The maximum atomic E-state index is 9.30. The summed E-state index contributed by atoms with van der Waals surface area (Å²) in [6, 6.07) is 5.93. The smallest absolute Gasteiger partial charge is 0.0475 e. The van der Waals surface area contributed by atoms with Crippen molar-refractivity contribution in [1.82, 2.24) is 10.3 Å². The molecule has 1 aromatic rings. The molecule has 0 radical (unpaired) electrons. The van der Waals surface area contributed by atoms with Crippen molar-refractivity contribution in [3.05, 3.63) is 30.1 Å². The lowest BCUT2D eigenvalue weighted by Crippen LogP contribution is -2.28. The Labute approximate surface area is 96.9 Å². The van der Waals surface area contributed by atoms with Crippen molar-refractivity contribution in [3.8, 4) is 0 Å². The Balaban J connectivity index is 1.71. The normalized spacial score (nSPS) is 17.3. The lowest BCUT2D eigenvalue weighted by atomic mass is 10.0. The van der Waals surface area contributed by atoms with Gasteiger partial charge in [0, 0.05) is 25.0 Å². The summed E-state index contributed by atoms with van der Waals surface area (Å²) >= 11 is 0. The molecule has 1 atom stereocenters.